The Morgan fingerprint density at radius 1 is 1.62 bits per heavy atom. The third-order valence-corrected chi connectivity index (χ3v) is 5.06. The van der Waals surface area contributed by atoms with Gasteiger partial charge < -0.3 is 10.8 Å². The summed E-state index contributed by atoms with van der Waals surface area (Å²) in [6.07, 6.45) is 3.16. The number of aliphatic hydroxyl groups is 1. The van der Waals surface area contributed by atoms with Gasteiger partial charge in [0.2, 0.25) is 0 Å². The Morgan fingerprint density at radius 2 is 2.38 bits per heavy atom. The zero-order chi connectivity index (χ0) is 11.6. The highest BCUT2D eigenvalue weighted by Crippen LogP contribution is 2.40. The Balaban J connectivity index is 1.90. The lowest BCUT2D eigenvalue weighted by Gasteiger charge is -2.25. The summed E-state index contributed by atoms with van der Waals surface area (Å²) in [5.74, 6) is 2.11. The fraction of sp³-hybridized carbons (Fsp3) is 0.800. The van der Waals surface area contributed by atoms with E-state index in [0.29, 0.717) is 5.92 Å². The van der Waals surface area contributed by atoms with Gasteiger partial charge in [0.1, 0.15) is 5.82 Å². The second kappa shape index (κ2) is 5.00. The Kier molecular flexibility index (Phi) is 3.84. The van der Waals surface area contributed by atoms with Gasteiger partial charge in [0.15, 0.2) is 4.34 Å². The van der Waals surface area contributed by atoms with E-state index in [2.05, 4.69) is 9.36 Å². The summed E-state index contributed by atoms with van der Waals surface area (Å²) < 4.78 is 5.19. The number of thioether (sulfide) groups is 1. The lowest BCUT2D eigenvalue weighted by Crippen LogP contribution is -2.48. The summed E-state index contributed by atoms with van der Waals surface area (Å²) in [4.78, 5) is 4.38. The Hall–Kier alpha value is -0.170. The van der Waals surface area contributed by atoms with Gasteiger partial charge in [-0.15, -0.1) is 0 Å². The molecule has 0 spiro atoms. The maximum atomic E-state index is 9.35. The molecule has 1 aromatic heterocycles. The van der Waals surface area contributed by atoms with Gasteiger partial charge in [0.25, 0.3) is 0 Å². The van der Waals surface area contributed by atoms with Crippen LogP contribution >= 0.6 is 23.3 Å². The SMILES string of the molecule is CCc1nsc(SCC(N)(CO)C2CC2)n1. The molecule has 4 nitrogen and oxygen atoms in total. The van der Waals surface area contributed by atoms with Crippen molar-refractivity contribution in [3.8, 4) is 0 Å². The van der Waals surface area contributed by atoms with Crippen LogP contribution in [0.3, 0.4) is 0 Å². The molecule has 1 aliphatic carbocycles. The molecule has 0 aromatic carbocycles. The first-order chi connectivity index (χ1) is 7.68. The van der Waals surface area contributed by atoms with E-state index < -0.39 is 5.54 Å². The van der Waals surface area contributed by atoms with Crippen LogP contribution in [-0.4, -0.2) is 32.4 Å². The van der Waals surface area contributed by atoms with Crippen molar-refractivity contribution in [1.29, 1.82) is 0 Å². The summed E-state index contributed by atoms with van der Waals surface area (Å²) in [6, 6.07) is 0. The van der Waals surface area contributed by atoms with Crippen molar-refractivity contribution >= 4 is 23.3 Å². The standard InChI is InChI=1S/C10H17N3OS2/c1-2-8-12-9(16-13-8)15-6-10(11,5-14)7-3-4-7/h7,14H,2-6,11H2,1H3. The predicted octanol–water partition coefficient (Wildman–Crippen LogP) is 1.29. The molecular weight excluding hydrogens is 242 g/mol. The molecule has 6 heteroatoms. The Morgan fingerprint density at radius 3 is 2.88 bits per heavy atom. The van der Waals surface area contributed by atoms with Crippen LogP contribution in [-0.2, 0) is 6.42 Å². The minimum absolute atomic E-state index is 0.0596. The lowest BCUT2D eigenvalue weighted by atomic mass is 9.99. The fourth-order valence-electron chi connectivity index (χ4n) is 1.59. The van der Waals surface area contributed by atoms with Crippen LogP contribution in [0.25, 0.3) is 0 Å². The van der Waals surface area contributed by atoms with Crippen molar-refractivity contribution in [3.63, 3.8) is 0 Å². The van der Waals surface area contributed by atoms with Gasteiger partial charge in [-0.05, 0) is 30.3 Å². The number of aryl methyl sites for hydroxylation is 1. The van der Waals surface area contributed by atoms with Crippen molar-refractivity contribution in [2.45, 2.75) is 36.1 Å². The van der Waals surface area contributed by atoms with Gasteiger partial charge in [-0.2, -0.15) is 4.37 Å². The first kappa shape index (κ1) is 12.3. The summed E-state index contributed by atoms with van der Waals surface area (Å²) in [5, 5.41) is 9.35. The van der Waals surface area contributed by atoms with Crippen LogP contribution < -0.4 is 5.73 Å². The van der Waals surface area contributed by atoms with Crippen LogP contribution in [0.2, 0.25) is 0 Å². The quantitative estimate of drug-likeness (QED) is 0.753. The van der Waals surface area contributed by atoms with Crippen LogP contribution in [0.5, 0.6) is 0 Å². The lowest BCUT2D eigenvalue weighted by molar-refractivity contribution is 0.194. The van der Waals surface area contributed by atoms with Gasteiger partial charge in [0.05, 0.1) is 12.1 Å². The van der Waals surface area contributed by atoms with E-state index in [1.54, 1.807) is 11.8 Å². The summed E-state index contributed by atoms with van der Waals surface area (Å²) in [7, 11) is 0. The molecule has 1 heterocycles. The molecule has 1 unspecified atom stereocenters. The third kappa shape index (κ3) is 2.74. The first-order valence-corrected chi connectivity index (χ1v) is 7.29. The molecule has 0 radical (unpaired) electrons. The Labute approximate surface area is 104 Å². The molecule has 90 valence electrons. The number of aromatic nitrogens is 2. The van der Waals surface area contributed by atoms with Crippen molar-refractivity contribution in [2.75, 3.05) is 12.4 Å². The van der Waals surface area contributed by atoms with E-state index in [0.717, 1.165) is 35.2 Å². The molecule has 1 fully saturated rings. The largest absolute Gasteiger partial charge is 0.394 e. The van der Waals surface area contributed by atoms with Crippen molar-refractivity contribution in [2.24, 2.45) is 11.7 Å². The summed E-state index contributed by atoms with van der Waals surface area (Å²) in [5.41, 5.74) is 5.75. The van der Waals surface area contributed by atoms with Crippen LogP contribution in [0.15, 0.2) is 4.34 Å². The number of nitrogens with two attached hydrogens (primary N) is 1. The number of nitrogens with zero attached hydrogens (tertiary/aromatic N) is 2. The van der Waals surface area contributed by atoms with Gasteiger partial charge in [0, 0.05) is 12.2 Å². The molecule has 0 bridgehead atoms. The normalized spacial score (nSPS) is 19.7. The molecule has 3 N–H and O–H groups in total. The van der Waals surface area contributed by atoms with Crippen molar-refractivity contribution in [3.05, 3.63) is 5.82 Å². The molecule has 16 heavy (non-hydrogen) atoms. The highest BCUT2D eigenvalue weighted by molar-refractivity contribution is 8.01. The van der Waals surface area contributed by atoms with Crippen molar-refractivity contribution in [1.82, 2.24) is 9.36 Å². The summed E-state index contributed by atoms with van der Waals surface area (Å²) in [6.45, 7) is 2.10. The Bertz CT molecular complexity index is 354. The molecule has 1 atom stereocenters. The van der Waals surface area contributed by atoms with E-state index in [9.17, 15) is 5.11 Å². The minimum atomic E-state index is -0.428. The molecule has 0 saturated heterocycles. The summed E-state index contributed by atoms with van der Waals surface area (Å²) >= 11 is 3.04. The fourth-order valence-corrected chi connectivity index (χ4v) is 3.48. The molecule has 2 rings (SSSR count). The molecule has 0 amide bonds. The highest BCUT2D eigenvalue weighted by Gasteiger charge is 2.41. The van der Waals surface area contributed by atoms with E-state index in [1.807, 2.05) is 6.92 Å². The molecule has 1 aliphatic rings. The van der Waals surface area contributed by atoms with Gasteiger partial charge >= 0.3 is 0 Å². The monoisotopic (exact) mass is 259 g/mol. The second-order valence-electron chi connectivity index (χ2n) is 4.28. The first-order valence-electron chi connectivity index (χ1n) is 5.53. The van der Waals surface area contributed by atoms with E-state index >= 15 is 0 Å². The topological polar surface area (TPSA) is 72.0 Å². The van der Waals surface area contributed by atoms with E-state index in [-0.39, 0.29) is 6.61 Å². The third-order valence-electron chi connectivity index (χ3n) is 2.91. The molecular formula is C10H17N3OS2. The zero-order valence-electron chi connectivity index (χ0n) is 9.35. The molecule has 1 saturated carbocycles. The van der Waals surface area contributed by atoms with Gasteiger partial charge in [-0.3, -0.25) is 0 Å². The van der Waals surface area contributed by atoms with E-state index in [4.69, 9.17) is 5.73 Å². The van der Waals surface area contributed by atoms with Crippen LogP contribution in [0, 0.1) is 5.92 Å². The maximum absolute atomic E-state index is 9.35. The minimum Gasteiger partial charge on any atom is -0.394 e. The zero-order valence-corrected chi connectivity index (χ0v) is 11.0. The van der Waals surface area contributed by atoms with E-state index in [1.165, 1.54) is 11.5 Å². The van der Waals surface area contributed by atoms with Gasteiger partial charge in [-0.1, -0.05) is 18.7 Å². The highest BCUT2D eigenvalue weighted by atomic mass is 32.2. The van der Waals surface area contributed by atoms with Gasteiger partial charge in [-0.25, -0.2) is 4.98 Å². The van der Waals surface area contributed by atoms with Crippen molar-refractivity contribution < 1.29 is 5.11 Å². The predicted molar refractivity (Wildman–Crippen MR) is 66.7 cm³/mol. The smallest absolute Gasteiger partial charge is 0.170 e. The molecule has 1 aromatic rings. The maximum Gasteiger partial charge on any atom is 0.170 e. The average molecular weight is 259 g/mol. The number of hydrogen-bond acceptors (Lipinski definition) is 6. The number of hydrogen-bond donors (Lipinski definition) is 2. The molecule has 0 aliphatic heterocycles. The van der Waals surface area contributed by atoms with Crippen LogP contribution in [0.4, 0.5) is 0 Å². The van der Waals surface area contributed by atoms with Crippen LogP contribution in [0.1, 0.15) is 25.6 Å². The average Bonchev–Trinajstić information content (AvgIpc) is 3.06. The second-order valence-corrected chi connectivity index (χ2v) is 6.26. The number of aliphatic hydroxyl groups excluding tert-OH is 1. The number of rotatable bonds is 6.